The molecular formula is C53H30N6O. The van der Waals surface area contributed by atoms with Gasteiger partial charge >= 0.3 is 0 Å². The van der Waals surface area contributed by atoms with Gasteiger partial charge in [0.2, 0.25) is 0 Å². The molecule has 0 saturated carbocycles. The Balaban J connectivity index is 1.18. The van der Waals surface area contributed by atoms with Crippen LogP contribution in [0.25, 0.3) is 106 Å². The Morgan fingerprint density at radius 2 is 0.933 bits per heavy atom. The third-order valence-electron chi connectivity index (χ3n) is 11.1. The Bertz CT molecular complexity index is 3480. The average molecular weight is 767 g/mol. The quantitative estimate of drug-likeness (QED) is 0.167. The van der Waals surface area contributed by atoms with E-state index in [0.717, 1.165) is 88.4 Å². The largest absolute Gasteiger partial charge is 0.456 e. The van der Waals surface area contributed by atoms with Crippen LogP contribution in [0.15, 0.2) is 186 Å². The number of nitrogens with zero attached hydrogens (tertiary/aromatic N) is 6. The van der Waals surface area contributed by atoms with Crippen LogP contribution in [0, 0.1) is 22.7 Å². The van der Waals surface area contributed by atoms with Crippen LogP contribution in [0.2, 0.25) is 0 Å². The molecule has 0 spiro atoms. The number of hydrogen-bond donors (Lipinski definition) is 0. The van der Waals surface area contributed by atoms with E-state index in [-0.39, 0.29) is 0 Å². The maximum absolute atomic E-state index is 9.74. The van der Waals surface area contributed by atoms with Gasteiger partial charge in [-0.25, -0.2) is 15.0 Å². The number of nitriles is 2. The summed E-state index contributed by atoms with van der Waals surface area (Å²) in [6.07, 6.45) is 0. The molecule has 11 aromatic rings. The second-order valence-electron chi connectivity index (χ2n) is 14.7. The van der Waals surface area contributed by atoms with Gasteiger partial charge in [0.1, 0.15) is 11.2 Å². The van der Waals surface area contributed by atoms with E-state index in [9.17, 15) is 10.5 Å². The van der Waals surface area contributed by atoms with Crippen LogP contribution in [-0.2, 0) is 0 Å². The molecule has 0 radical (unpaired) electrons. The van der Waals surface area contributed by atoms with E-state index in [1.807, 2.05) is 97.1 Å². The first-order chi connectivity index (χ1) is 29.6. The monoisotopic (exact) mass is 766 g/mol. The molecule has 3 heterocycles. The number of hydrogen-bond acceptors (Lipinski definition) is 6. The molecule has 0 bridgehead atoms. The summed E-state index contributed by atoms with van der Waals surface area (Å²) in [7, 11) is 0. The van der Waals surface area contributed by atoms with Gasteiger partial charge in [0.25, 0.3) is 0 Å². The van der Waals surface area contributed by atoms with Crippen LogP contribution in [0.5, 0.6) is 0 Å². The third kappa shape index (κ3) is 5.86. The summed E-state index contributed by atoms with van der Waals surface area (Å²) in [5.74, 6) is 1.68. The van der Waals surface area contributed by atoms with Crippen molar-refractivity contribution in [2.24, 2.45) is 0 Å². The normalized spacial score (nSPS) is 11.3. The third-order valence-corrected chi connectivity index (χ3v) is 11.1. The molecular weight excluding hydrogens is 737 g/mol. The predicted octanol–water partition coefficient (Wildman–Crippen LogP) is 12.9. The molecule has 7 nitrogen and oxygen atoms in total. The van der Waals surface area contributed by atoms with E-state index >= 15 is 0 Å². The summed E-state index contributed by atoms with van der Waals surface area (Å²) >= 11 is 0. The molecule has 7 heteroatoms. The molecule has 60 heavy (non-hydrogen) atoms. The lowest BCUT2D eigenvalue weighted by Crippen LogP contribution is -2.04. The summed E-state index contributed by atoms with van der Waals surface area (Å²) in [5.41, 5.74) is 11.7. The van der Waals surface area contributed by atoms with Crippen molar-refractivity contribution >= 4 is 43.7 Å². The van der Waals surface area contributed by atoms with Gasteiger partial charge in [-0.15, -0.1) is 0 Å². The zero-order valence-electron chi connectivity index (χ0n) is 31.9. The summed E-state index contributed by atoms with van der Waals surface area (Å²) in [6.45, 7) is 0. The molecule has 0 atom stereocenters. The Hall–Kier alpha value is -8.65. The summed E-state index contributed by atoms with van der Waals surface area (Å²) in [5, 5.41) is 23.7. The van der Waals surface area contributed by atoms with Crippen molar-refractivity contribution < 1.29 is 4.42 Å². The number of furan rings is 1. The van der Waals surface area contributed by atoms with Crippen molar-refractivity contribution in [2.75, 3.05) is 0 Å². The first kappa shape index (κ1) is 34.6. The molecule has 0 amide bonds. The molecule has 0 saturated heterocycles. The second kappa shape index (κ2) is 14.1. The van der Waals surface area contributed by atoms with Gasteiger partial charge in [-0.05, 0) is 89.0 Å². The highest BCUT2D eigenvalue weighted by molar-refractivity contribution is 6.11. The zero-order chi connectivity index (χ0) is 40.2. The van der Waals surface area contributed by atoms with Crippen LogP contribution >= 0.6 is 0 Å². The lowest BCUT2D eigenvalue weighted by molar-refractivity contribution is 0.669. The number of rotatable bonds is 6. The SMILES string of the molecule is N#Cc1cc(C#N)cc(-c2ccc3c(c2)c2ccccc2n3-c2ccc(-c3ccc4c(c3)oc3ccccc34)cc2-c2nc(-c3ccccc3)nc(-c3ccccc3)n2)c1. The number of para-hydroxylation sites is 2. The molecule has 278 valence electrons. The standard InChI is InChI=1S/C53H30N6O/c54-31-33-25-34(32-55)27-40(26-33)38-21-23-47-44(28-38)41-15-7-9-17-46(41)59(47)48-24-20-37(39-19-22-43-42-16-8-10-18-49(42)60-50(43)30-39)29-45(48)53-57-51(35-11-3-1-4-12-35)56-52(58-53)36-13-5-2-6-14-36/h1-30H. The van der Waals surface area contributed by atoms with Crippen molar-refractivity contribution in [3.63, 3.8) is 0 Å². The fraction of sp³-hybridized carbons (Fsp3) is 0. The van der Waals surface area contributed by atoms with Gasteiger partial charge in [-0.3, -0.25) is 0 Å². The highest BCUT2D eigenvalue weighted by atomic mass is 16.3. The number of aromatic nitrogens is 4. The van der Waals surface area contributed by atoms with Crippen LogP contribution in [-0.4, -0.2) is 19.5 Å². The lowest BCUT2D eigenvalue weighted by atomic mass is 9.98. The molecule has 11 rings (SSSR count). The molecule has 3 aromatic heterocycles. The Morgan fingerprint density at radius 3 is 1.65 bits per heavy atom. The highest BCUT2D eigenvalue weighted by Gasteiger charge is 2.21. The van der Waals surface area contributed by atoms with E-state index in [4.69, 9.17) is 19.4 Å². The Kier molecular flexibility index (Phi) is 8.11. The highest BCUT2D eigenvalue weighted by Crippen LogP contribution is 2.40. The van der Waals surface area contributed by atoms with E-state index in [1.54, 1.807) is 6.07 Å². The van der Waals surface area contributed by atoms with E-state index in [0.29, 0.717) is 28.6 Å². The first-order valence-electron chi connectivity index (χ1n) is 19.5. The molecule has 0 fully saturated rings. The molecule has 0 unspecified atom stereocenters. The fourth-order valence-electron chi connectivity index (χ4n) is 8.26. The van der Waals surface area contributed by atoms with Gasteiger partial charge in [0.15, 0.2) is 17.5 Å². The minimum atomic E-state index is 0.442. The van der Waals surface area contributed by atoms with Crippen LogP contribution < -0.4 is 0 Å². The average Bonchev–Trinajstić information content (AvgIpc) is 3.86. The van der Waals surface area contributed by atoms with Gasteiger partial charge < -0.3 is 8.98 Å². The van der Waals surface area contributed by atoms with Gasteiger partial charge in [0, 0.05) is 38.2 Å². The van der Waals surface area contributed by atoms with Gasteiger partial charge in [0.05, 0.1) is 40.0 Å². The zero-order valence-corrected chi connectivity index (χ0v) is 31.9. The number of benzene rings is 8. The molecule has 8 aromatic carbocycles. The first-order valence-corrected chi connectivity index (χ1v) is 19.5. The Labute approximate surface area is 344 Å². The summed E-state index contributed by atoms with van der Waals surface area (Å²) < 4.78 is 8.61. The van der Waals surface area contributed by atoms with Crippen molar-refractivity contribution in [1.82, 2.24) is 19.5 Å². The molecule has 0 N–H and O–H groups in total. The van der Waals surface area contributed by atoms with Gasteiger partial charge in [-0.1, -0.05) is 115 Å². The maximum atomic E-state index is 9.74. The topological polar surface area (TPSA) is 104 Å². The summed E-state index contributed by atoms with van der Waals surface area (Å²) in [4.78, 5) is 15.5. The van der Waals surface area contributed by atoms with Crippen LogP contribution in [0.1, 0.15) is 11.1 Å². The molecule has 0 aliphatic rings. The van der Waals surface area contributed by atoms with Crippen molar-refractivity contribution in [2.45, 2.75) is 0 Å². The lowest BCUT2D eigenvalue weighted by Gasteiger charge is -2.16. The van der Waals surface area contributed by atoms with E-state index < -0.39 is 0 Å². The molecule has 0 aliphatic carbocycles. The van der Waals surface area contributed by atoms with Crippen molar-refractivity contribution in [3.8, 4) is 74.2 Å². The predicted molar refractivity (Wildman–Crippen MR) is 238 cm³/mol. The Morgan fingerprint density at radius 1 is 0.383 bits per heavy atom. The van der Waals surface area contributed by atoms with Crippen molar-refractivity contribution in [1.29, 1.82) is 10.5 Å². The smallest absolute Gasteiger partial charge is 0.166 e. The van der Waals surface area contributed by atoms with E-state index in [1.165, 1.54) is 0 Å². The maximum Gasteiger partial charge on any atom is 0.166 e. The fourth-order valence-corrected chi connectivity index (χ4v) is 8.26. The number of fused-ring (bicyclic) bond motifs is 6. The van der Waals surface area contributed by atoms with Crippen molar-refractivity contribution in [3.05, 3.63) is 193 Å². The second-order valence-corrected chi connectivity index (χ2v) is 14.7. The van der Waals surface area contributed by atoms with E-state index in [2.05, 4.69) is 95.6 Å². The van der Waals surface area contributed by atoms with Crippen LogP contribution in [0.4, 0.5) is 0 Å². The summed E-state index contributed by atoms with van der Waals surface area (Å²) in [6, 6.07) is 65.3. The molecule has 0 aliphatic heterocycles. The minimum absolute atomic E-state index is 0.442. The minimum Gasteiger partial charge on any atom is -0.456 e. The van der Waals surface area contributed by atoms with Gasteiger partial charge in [-0.2, -0.15) is 10.5 Å². The van der Waals surface area contributed by atoms with Crippen LogP contribution in [0.3, 0.4) is 0 Å².